The van der Waals surface area contributed by atoms with Crippen molar-refractivity contribution >= 4 is 29.3 Å². The minimum Gasteiger partial charge on any atom is -0.461 e. The number of aryl methyl sites for hydroxylation is 1. The summed E-state index contributed by atoms with van der Waals surface area (Å²) < 4.78 is 5.04. The quantitative estimate of drug-likeness (QED) is 0.551. The van der Waals surface area contributed by atoms with E-state index in [0.29, 0.717) is 23.8 Å². The van der Waals surface area contributed by atoms with Crippen LogP contribution in [0.1, 0.15) is 23.0 Å². The number of anilines is 1. The third-order valence-electron chi connectivity index (χ3n) is 3.29. The average Bonchev–Trinajstić information content (AvgIpc) is 2.97. The molecule has 24 heavy (non-hydrogen) atoms. The number of esters is 1. The van der Waals surface area contributed by atoms with Gasteiger partial charge in [0.2, 0.25) is 0 Å². The zero-order valence-corrected chi connectivity index (χ0v) is 14.4. The molecule has 6 nitrogen and oxygen atoms in total. The molecule has 0 fully saturated rings. The predicted octanol–water partition coefficient (Wildman–Crippen LogP) is 3.53. The van der Waals surface area contributed by atoms with E-state index in [9.17, 15) is 9.59 Å². The standard InChI is InChI=1S/C17H20ClN3O3/c1-3-24-16(22)15-14(21-17(23)19-9-8-18)10-13(20-15)12-6-4-11(2)5-7-12/h4-7,10,20H,3,8-9H2,1-2H3,(H2,19,21,23). The van der Waals surface area contributed by atoms with Gasteiger partial charge in [0.15, 0.2) is 0 Å². The van der Waals surface area contributed by atoms with Crippen LogP contribution in [0.3, 0.4) is 0 Å². The zero-order valence-electron chi connectivity index (χ0n) is 13.6. The molecule has 0 radical (unpaired) electrons. The van der Waals surface area contributed by atoms with Gasteiger partial charge in [-0.2, -0.15) is 0 Å². The molecule has 0 aliphatic rings. The van der Waals surface area contributed by atoms with E-state index in [0.717, 1.165) is 11.1 Å². The fourth-order valence-electron chi connectivity index (χ4n) is 2.13. The lowest BCUT2D eigenvalue weighted by molar-refractivity contribution is 0.0521. The first-order valence-corrected chi connectivity index (χ1v) is 8.16. The summed E-state index contributed by atoms with van der Waals surface area (Å²) in [5.74, 6) is -0.219. The van der Waals surface area contributed by atoms with Crippen LogP contribution in [0.15, 0.2) is 30.3 Å². The number of urea groups is 1. The molecule has 128 valence electrons. The molecule has 1 aromatic heterocycles. The Bertz CT molecular complexity index is 710. The van der Waals surface area contributed by atoms with Crippen molar-refractivity contribution in [3.8, 4) is 11.3 Å². The molecule has 0 aliphatic carbocycles. The molecule has 0 saturated carbocycles. The number of benzene rings is 1. The van der Waals surface area contributed by atoms with Crippen molar-refractivity contribution in [2.24, 2.45) is 0 Å². The number of aromatic amines is 1. The van der Waals surface area contributed by atoms with Gasteiger partial charge in [-0.05, 0) is 25.5 Å². The number of hydrogen-bond donors (Lipinski definition) is 3. The van der Waals surface area contributed by atoms with E-state index in [1.165, 1.54) is 0 Å². The molecule has 0 atom stereocenters. The van der Waals surface area contributed by atoms with Gasteiger partial charge in [-0.25, -0.2) is 9.59 Å². The molecule has 0 aliphatic heterocycles. The van der Waals surface area contributed by atoms with Crippen molar-refractivity contribution in [2.75, 3.05) is 24.3 Å². The summed E-state index contributed by atoms with van der Waals surface area (Å²) in [6.45, 7) is 4.30. The normalized spacial score (nSPS) is 10.3. The molecule has 1 aromatic carbocycles. The van der Waals surface area contributed by atoms with E-state index < -0.39 is 12.0 Å². The maximum Gasteiger partial charge on any atom is 0.356 e. The Labute approximate surface area is 145 Å². The molecule has 1 heterocycles. The van der Waals surface area contributed by atoms with Crippen molar-refractivity contribution in [3.63, 3.8) is 0 Å². The third-order valence-corrected chi connectivity index (χ3v) is 3.48. The van der Waals surface area contributed by atoms with Crippen LogP contribution in [0, 0.1) is 6.92 Å². The number of amides is 2. The number of alkyl halides is 1. The fraction of sp³-hybridized carbons (Fsp3) is 0.294. The predicted molar refractivity (Wildman–Crippen MR) is 94.7 cm³/mol. The summed E-state index contributed by atoms with van der Waals surface area (Å²) >= 11 is 5.55. The Morgan fingerprint density at radius 1 is 1.25 bits per heavy atom. The third kappa shape index (κ3) is 4.52. The van der Waals surface area contributed by atoms with Gasteiger partial charge in [-0.1, -0.05) is 29.8 Å². The molecule has 2 amide bonds. The molecule has 0 bridgehead atoms. The van der Waals surface area contributed by atoms with Crippen LogP contribution >= 0.6 is 11.6 Å². The Balaban J connectivity index is 2.30. The van der Waals surface area contributed by atoms with E-state index in [2.05, 4.69) is 15.6 Å². The summed E-state index contributed by atoms with van der Waals surface area (Å²) in [7, 11) is 0. The van der Waals surface area contributed by atoms with Gasteiger partial charge in [-0.15, -0.1) is 11.6 Å². The summed E-state index contributed by atoms with van der Waals surface area (Å²) in [5.41, 5.74) is 3.31. The number of nitrogens with one attached hydrogen (secondary N) is 3. The number of halogens is 1. The van der Waals surface area contributed by atoms with Crippen LogP contribution in [-0.2, 0) is 4.74 Å². The van der Waals surface area contributed by atoms with Crippen molar-refractivity contribution in [1.29, 1.82) is 0 Å². The molecule has 3 N–H and O–H groups in total. The van der Waals surface area contributed by atoms with Crippen molar-refractivity contribution < 1.29 is 14.3 Å². The Morgan fingerprint density at radius 3 is 2.58 bits per heavy atom. The molecule has 2 aromatic rings. The van der Waals surface area contributed by atoms with Crippen LogP contribution in [0.25, 0.3) is 11.3 Å². The van der Waals surface area contributed by atoms with Crippen molar-refractivity contribution in [2.45, 2.75) is 13.8 Å². The first-order valence-electron chi connectivity index (χ1n) is 7.63. The second-order valence-corrected chi connectivity index (χ2v) is 5.51. The van der Waals surface area contributed by atoms with E-state index in [1.54, 1.807) is 13.0 Å². The van der Waals surface area contributed by atoms with E-state index >= 15 is 0 Å². The summed E-state index contributed by atoms with van der Waals surface area (Å²) in [6, 6.07) is 9.09. The molecular weight excluding hydrogens is 330 g/mol. The van der Waals surface area contributed by atoms with Gasteiger partial charge in [0.25, 0.3) is 0 Å². The number of aromatic nitrogens is 1. The van der Waals surface area contributed by atoms with Gasteiger partial charge in [0, 0.05) is 18.1 Å². The van der Waals surface area contributed by atoms with Gasteiger partial charge in [0.1, 0.15) is 5.69 Å². The monoisotopic (exact) mass is 349 g/mol. The molecule has 0 saturated heterocycles. The smallest absolute Gasteiger partial charge is 0.356 e. The molecular formula is C17H20ClN3O3. The number of rotatable bonds is 6. The maximum absolute atomic E-state index is 12.1. The number of ether oxygens (including phenoxy) is 1. The van der Waals surface area contributed by atoms with Crippen molar-refractivity contribution in [1.82, 2.24) is 10.3 Å². The Morgan fingerprint density at radius 2 is 1.96 bits per heavy atom. The summed E-state index contributed by atoms with van der Waals surface area (Å²) in [4.78, 5) is 27.0. The second kappa shape index (κ2) is 8.40. The highest BCUT2D eigenvalue weighted by atomic mass is 35.5. The number of carbonyl (C=O) groups excluding carboxylic acids is 2. The van der Waals surface area contributed by atoms with Crippen LogP contribution in [0.4, 0.5) is 10.5 Å². The van der Waals surface area contributed by atoms with E-state index in [-0.39, 0.29) is 12.3 Å². The Hall–Kier alpha value is -2.47. The van der Waals surface area contributed by atoms with Crippen LogP contribution in [0.5, 0.6) is 0 Å². The van der Waals surface area contributed by atoms with E-state index in [4.69, 9.17) is 16.3 Å². The van der Waals surface area contributed by atoms with Gasteiger partial charge < -0.3 is 20.4 Å². The molecule has 0 spiro atoms. The minimum absolute atomic E-state index is 0.202. The van der Waals surface area contributed by atoms with Crippen molar-refractivity contribution in [3.05, 3.63) is 41.6 Å². The highest BCUT2D eigenvalue weighted by molar-refractivity contribution is 6.18. The first-order chi connectivity index (χ1) is 11.5. The Kier molecular flexibility index (Phi) is 6.26. The number of carbonyl (C=O) groups is 2. The number of H-pyrrole nitrogens is 1. The fourth-order valence-corrected chi connectivity index (χ4v) is 2.23. The second-order valence-electron chi connectivity index (χ2n) is 5.13. The highest BCUT2D eigenvalue weighted by Crippen LogP contribution is 2.26. The average molecular weight is 350 g/mol. The van der Waals surface area contributed by atoms with Gasteiger partial charge in [-0.3, -0.25) is 0 Å². The van der Waals surface area contributed by atoms with Crippen LogP contribution in [0.2, 0.25) is 0 Å². The highest BCUT2D eigenvalue weighted by Gasteiger charge is 2.19. The number of hydrogen-bond acceptors (Lipinski definition) is 3. The van der Waals surface area contributed by atoms with Gasteiger partial charge >= 0.3 is 12.0 Å². The molecule has 0 unspecified atom stereocenters. The SMILES string of the molecule is CCOC(=O)c1[nH]c(-c2ccc(C)cc2)cc1NC(=O)NCCCl. The summed E-state index contributed by atoms with van der Waals surface area (Å²) in [5, 5.41) is 5.23. The lowest BCUT2D eigenvalue weighted by Crippen LogP contribution is -2.30. The summed E-state index contributed by atoms with van der Waals surface area (Å²) in [6.07, 6.45) is 0. The maximum atomic E-state index is 12.1. The molecule has 2 rings (SSSR count). The van der Waals surface area contributed by atoms with Crippen LogP contribution < -0.4 is 10.6 Å². The van der Waals surface area contributed by atoms with Crippen LogP contribution in [-0.4, -0.2) is 36.0 Å². The largest absolute Gasteiger partial charge is 0.461 e. The van der Waals surface area contributed by atoms with E-state index in [1.807, 2.05) is 31.2 Å². The van der Waals surface area contributed by atoms with Gasteiger partial charge in [0.05, 0.1) is 12.3 Å². The lowest BCUT2D eigenvalue weighted by atomic mass is 10.1. The zero-order chi connectivity index (χ0) is 17.5. The first kappa shape index (κ1) is 17.9. The molecule has 7 heteroatoms. The lowest BCUT2D eigenvalue weighted by Gasteiger charge is -2.06. The minimum atomic E-state index is -0.525. The topological polar surface area (TPSA) is 83.2 Å².